The number of aliphatic hydroxyl groups is 1. The minimum Gasteiger partial charge on any atom is -0.458 e. The molecule has 11 heteroatoms. The summed E-state index contributed by atoms with van der Waals surface area (Å²) in [5.41, 5.74) is 11.8. The van der Waals surface area contributed by atoms with E-state index in [1.165, 1.54) is 0 Å². The number of ether oxygens (including phenoxy) is 1. The van der Waals surface area contributed by atoms with E-state index in [1.54, 1.807) is 34.5 Å². The molecule has 5 aromatic rings. The van der Waals surface area contributed by atoms with Crippen molar-refractivity contribution in [3.63, 3.8) is 0 Å². The monoisotopic (exact) mass is 549 g/mol. The largest absolute Gasteiger partial charge is 0.458 e. The fourth-order valence-corrected chi connectivity index (χ4v) is 5.90. The summed E-state index contributed by atoms with van der Waals surface area (Å²) in [4.78, 5) is 35.5. The zero-order chi connectivity index (χ0) is 28.6. The first-order chi connectivity index (χ1) is 19.7. The molecule has 3 N–H and O–H groups in total. The number of hydrogen-bond donors (Lipinski definition) is 2. The SMILES string of the molecule is CC[C@@]1(O)C(=O)OCc2c1cc1n(c2=O)Cc2c-1nc1cc(C)c(C)cc1c2Cn1cc(-c2cccnc2N)nn1. The lowest BCUT2D eigenvalue weighted by Gasteiger charge is -2.31. The van der Waals surface area contributed by atoms with Crippen molar-refractivity contribution in [2.24, 2.45) is 0 Å². The van der Waals surface area contributed by atoms with Gasteiger partial charge in [-0.25, -0.2) is 19.4 Å². The number of hydrogen-bond acceptors (Lipinski definition) is 9. The highest BCUT2D eigenvalue weighted by molar-refractivity contribution is 5.90. The second kappa shape index (κ2) is 8.80. The number of benzene rings is 1. The first-order valence-corrected chi connectivity index (χ1v) is 13.4. The third kappa shape index (κ3) is 3.62. The Morgan fingerprint density at radius 1 is 1.15 bits per heavy atom. The van der Waals surface area contributed by atoms with Gasteiger partial charge in [0.25, 0.3) is 5.56 Å². The summed E-state index contributed by atoms with van der Waals surface area (Å²) < 4.78 is 8.61. The number of aromatic nitrogens is 6. The van der Waals surface area contributed by atoms with Crippen molar-refractivity contribution in [2.75, 3.05) is 5.73 Å². The molecule has 0 spiro atoms. The van der Waals surface area contributed by atoms with Crippen LogP contribution in [0.15, 0.2) is 47.5 Å². The first kappa shape index (κ1) is 25.1. The Kier molecular flexibility index (Phi) is 5.39. The van der Waals surface area contributed by atoms with Crippen LogP contribution in [-0.4, -0.2) is 40.6 Å². The van der Waals surface area contributed by atoms with Crippen LogP contribution in [0.3, 0.4) is 0 Å². The molecule has 6 heterocycles. The normalized spacial score (nSPS) is 17.3. The summed E-state index contributed by atoms with van der Waals surface area (Å²) in [6, 6.07) is 9.53. The Hall–Kier alpha value is -4.90. The molecule has 0 unspecified atom stereocenters. The number of fused-ring (bicyclic) bond motifs is 5. The van der Waals surface area contributed by atoms with Crippen molar-refractivity contribution in [1.29, 1.82) is 0 Å². The fourth-order valence-electron chi connectivity index (χ4n) is 5.90. The van der Waals surface area contributed by atoms with Crippen LogP contribution in [0.5, 0.6) is 0 Å². The van der Waals surface area contributed by atoms with Gasteiger partial charge in [0.15, 0.2) is 5.60 Å². The van der Waals surface area contributed by atoms with Gasteiger partial charge in [0.2, 0.25) is 0 Å². The van der Waals surface area contributed by atoms with Gasteiger partial charge in [-0.2, -0.15) is 0 Å². The summed E-state index contributed by atoms with van der Waals surface area (Å²) in [5, 5.41) is 20.9. The number of nitrogens with zero attached hydrogens (tertiary/aromatic N) is 6. The second-order valence-corrected chi connectivity index (χ2v) is 10.7. The molecule has 11 nitrogen and oxygen atoms in total. The average Bonchev–Trinajstić information content (AvgIpc) is 3.57. The first-order valence-electron chi connectivity index (χ1n) is 13.4. The molecule has 1 aromatic carbocycles. The van der Waals surface area contributed by atoms with Crippen LogP contribution in [0.25, 0.3) is 33.5 Å². The van der Waals surface area contributed by atoms with Crippen LogP contribution in [0.1, 0.15) is 46.7 Å². The number of anilines is 1. The van der Waals surface area contributed by atoms with E-state index in [0.717, 1.165) is 33.2 Å². The molecule has 41 heavy (non-hydrogen) atoms. The van der Waals surface area contributed by atoms with Crippen molar-refractivity contribution in [2.45, 2.75) is 52.5 Å². The van der Waals surface area contributed by atoms with Crippen LogP contribution < -0.4 is 11.3 Å². The maximum atomic E-state index is 13.7. The van der Waals surface area contributed by atoms with Crippen molar-refractivity contribution < 1.29 is 14.6 Å². The molecule has 0 aliphatic carbocycles. The van der Waals surface area contributed by atoms with Crippen LogP contribution >= 0.6 is 0 Å². The number of aryl methyl sites for hydroxylation is 2. The van der Waals surface area contributed by atoms with Gasteiger partial charge in [-0.05, 0) is 67.3 Å². The quantitative estimate of drug-likeness (QED) is 0.316. The van der Waals surface area contributed by atoms with E-state index in [4.69, 9.17) is 15.5 Å². The molecule has 0 saturated carbocycles. The summed E-state index contributed by atoms with van der Waals surface area (Å²) in [6.07, 6.45) is 3.53. The summed E-state index contributed by atoms with van der Waals surface area (Å²) in [7, 11) is 0. The average molecular weight is 550 g/mol. The maximum Gasteiger partial charge on any atom is 0.343 e. The molecule has 0 radical (unpaired) electrons. The van der Waals surface area contributed by atoms with E-state index < -0.39 is 11.6 Å². The number of carbonyl (C=O) groups excluding carboxylic acids is 1. The number of cyclic esters (lactones) is 1. The Bertz CT molecular complexity index is 1990. The molecule has 1 atom stereocenters. The van der Waals surface area contributed by atoms with E-state index in [2.05, 4.69) is 28.3 Å². The number of nitrogen functional groups attached to an aromatic ring is 1. The van der Waals surface area contributed by atoms with Gasteiger partial charge in [0.1, 0.15) is 18.1 Å². The number of esters is 1. The molecule has 206 valence electrons. The Morgan fingerprint density at radius 2 is 1.95 bits per heavy atom. The van der Waals surface area contributed by atoms with Gasteiger partial charge in [-0.3, -0.25) is 4.79 Å². The lowest BCUT2D eigenvalue weighted by Crippen LogP contribution is -2.44. The van der Waals surface area contributed by atoms with E-state index >= 15 is 0 Å². The van der Waals surface area contributed by atoms with Gasteiger partial charge in [-0.15, -0.1) is 5.10 Å². The third-order valence-electron chi connectivity index (χ3n) is 8.39. The molecule has 2 aliphatic heterocycles. The summed E-state index contributed by atoms with van der Waals surface area (Å²) in [5.74, 6) is -0.376. The van der Waals surface area contributed by atoms with Crippen LogP contribution in [0.4, 0.5) is 5.82 Å². The van der Waals surface area contributed by atoms with E-state index in [0.29, 0.717) is 46.1 Å². The zero-order valence-electron chi connectivity index (χ0n) is 22.8. The zero-order valence-corrected chi connectivity index (χ0v) is 22.8. The number of carbonyl (C=O) groups is 1. The molecule has 0 fully saturated rings. The summed E-state index contributed by atoms with van der Waals surface area (Å²) >= 11 is 0. The van der Waals surface area contributed by atoms with Crippen molar-refractivity contribution >= 4 is 22.7 Å². The maximum absolute atomic E-state index is 13.7. The number of nitrogens with two attached hydrogens (primary N) is 1. The Balaban J connectivity index is 1.43. The number of pyridine rings is 3. The molecule has 2 aliphatic rings. The second-order valence-electron chi connectivity index (χ2n) is 10.7. The van der Waals surface area contributed by atoms with Crippen molar-refractivity contribution in [3.05, 3.63) is 86.5 Å². The van der Waals surface area contributed by atoms with E-state index in [-0.39, 0.29) is 25.1 Å². The minimum atomic E-state index is -1.89. The molecular formula is C30H27N7O4. The molecule has 0 amide bonds. The van der Waals surface area contributed by atoms with Gasteiger partial charge in [-0.1, -0.05) is 12.1 Å². The van der Waals surface area contributed by atoms with Crippen LogP contribution in [-0.2, 0) is 34.8 Å². The lowest BCUT2D eigenvalue weighted by molar-refractivity contribution is -0.172. The molecule has 4 aromatic heterocycles. The third-order valence-corrected chi connectivity index (χ3v) is 8.39. The van der Waals surface area contributed by atoms with Crippen molar-refractivity contribution in [3.8, 4) is 22.6 Å². The van der Waals surface area contributed by atoms with E-state index in [1.807, 2.05) is 25.3 Å². The van der Waals surface area contributed by atoms with Crippen LogP contribution in [0.2, 0.25) is 0 Å². The highest BCUT2D eigenvalue weighted by Gasteiger charge is 2.45. The van der Waals surface area contributed by atoms with Gasteiger partial charge in [0.05, 0.1) is 41.8 Å². The van der Waals surface area contributed by atoms with Gasteiger partial charge >= 0.3 is 5.97 Å². The topological polar surface area (TPSA) is 151 Å². The van der Waals surface area contributed by atoms with Crippen LogP contribution in [0, 0.1) is 13.8 Å². The van der Waals surface area contributed by atoms with Crippen molar-refractivity contribution in [1.82, 2.24) is 29.5 Å². The molecule has 0 bridgehead atoms. The summed E-state index contributed by atoms with van der Waals surface area (Å²) in [6.45, 7) is 6.27. The highest BCUT2D eigenvalue weighted by Crippen LogP contribution is 2.40. The number of rotatable bonds is 4. The van der Waals surface area contributed by atoms with Gasteiger partial charge < -0.3 is 20.1 Å². The standard InChI is InChI=1S/C30H27N7O4/c1-4-30(40)22-10-25-26-20(12-37(25)28(38)21(22)14-41-29(30)39)19(18-8-15(2)16(3)9-23(18)33-26)11-36-13-24(34-35-36)17-6-5-7-32-27(17)31/h5-10,13,40H,4,11-12,14H2,1-3H3,(H2,31,32)/t30-/m0/s1. The lowest BCUT2D eigenvalue weighted by atomic mass is 9.86. The Labute approximate surface area is 234 Å². The molecule has 0 saturated heterocycles. The Morgan fingerprint density at radius 3 is 2.73 bits per heavy atom. The fraction of sp³-hybridized carbons (Fsp3) is 0.267. The highest BCUT2D eigenvalue weighted by atomic mass is 16.6. The predicted octanol–water partition coefficient (Wildman–Crippen LogP) is 2.98. The minimum absolute atomic E-state index is 0.0829. The smallest absolute Gasteiger partial charge is 0.343 e. The predicted molar refractivity (Wildman–Crippen MR) is 151 cm³/mol. The molecular weight excluding hydrogens is 522 g/mol. The molecule has 7 rings (SSSR count). The van der Waals surface area contributed by atoms with E-state index in [9.17, 15) is 14.7 Å². The van der Waals surface area contributed by atoms with Gasteiger partial charge in [0, 0.05) is 28.3 Å².